The summed E-state index contributed by atoms with van der Waals surface area (Å²) in [6.45, 7) is 5.09. The van der Waals surface area contributed by atoms with E-state index in [4.69, 9.17) is 4.98 Å². The van der Waals surface area contributed by atoms with Gasteiger partial charge in [-0.3, -0.25) is 15.1 Å². The third-order valence-electron chi connectivity index (χ3n) is 7.55. The molecule has 6 aromatic rings. The zero-order chi connectivity index (χ0) is 27.8. The second-order valence-corrected chi connectivity index (χ2v) is 10.4. The number of halogens is 1. The third-order valence-corrected chi connectivity index (χ3v) is 7.55. The largest absolute Gasteiger partial charge is 0.367 e. The van der Waals surface area contributed by atoms with Crippen molar-refractivity contribution in [3.05, 3.63) is 84.2 Å². The molecule has 0 bridgehead atoms. The predicted molar refractivity (Wildman–Crippen MR) is 157 cm³/mol. The maximum atomic E-state index is 16.2. The Hall–Kier alpha value is -4.74. The normalized spacial score (nSPS) is 14.3. The molecule has 0 amide bonds. The minimum atomic E-state index is -0.477. The molecule has 0 saturated carbocycles. The van der Waals surface area contributed by atoms with Crippen molar-refractivity contribution < 1.29 is 4.39 Å². The monoisotopic (exact) mass is 548 g/mol. The molecule has 6 heterocycles. The number of H-pyrrole nitrogens is 2. The van der Waals surface area contributed by atoms with Crippen LogP contribution in [-0.4, -0.2) is 73.2 Å². The lowest BCUT2D eigenvalue weighted by molar-refractivity contribution is 0.313. The molecule has 11 heteroatoms. The van der Waals surface area contributed by atoms with Crippen molar-refractivity contribution in [2.45, 2.75) is 13.1 Å². The van der Waals surface area contributed by atoms with Gasteiger partial charge in [0.25, 0.3) is 0 Å². The molecule has 41 heavy (non-hydrogen) atoms. The summed E-state index contributed by atoms with van der Waals surface area (Å²) in [5.74, 6) is -0.0245. The highest BCUT2D eigenvalue weighted by Gasteiger charge is 2.23. The molecule has 3 N–H and O–H groups in total. The van der Waals surface area contributed by atoms with Crippen molar-refractivity contribution >= 4 is 27.8 Å². The Labute approximate surface area is 235 Å². The molecule has 1 aliphatic heterocycles. The van der Waals surface area contributed by atoms with Crippen LogP contribution in [0, 0.1) is 5.82 Å². The summed E-state index contributed by atoms with van der Waals surface area (Å²) in [4.78, 5) is 26.0. The maximum Gasteiger partial charge on any atom is 0.161 e. The van der Waals surface area contributed by atoms with E-state index in [0.717, 1.165) is 49.5 Å². The molecule has 7 rings (SSSR count). The van der Waals surface area contributed by atoms with Crippen molar-refractivity contribution in [1.29, 1.82) is 0 Å². The molecule has 5 aromatic heterocycles. The van der Waals surface area contributed by atoms with E-state index < -0.39 is 5.82 Å². The van der Waals surface area contributed by atoms with Gasteiger partial charge in [-0.05, 0) is 30.3 Å². The van der Waals surface area contributed by atoms with Crippen LogP contribution in [0.5, 0.6) is 0 Å². The van der Waals surface area contributed by atoms with Crippen molar-refractivity contribution in [2.75, 3.05) is 38.1 Å². The lowest BCUT2D eigenvalue weighted by Gasteiger charge is -2.33. The maximum absolute atomic E-state index is 16.2. The average Bonchev–Trinajstić information content (AvgIpc) is 3.63. The van der Waals surface area contributed by atoms with Crippen LogP contribution >= 0.6 is 0 Å². The lowest BCUT2D eigenvalue weighted by atomic mass is 10.1. The molecular formula is C30H29FN10. The molecule has 0 radical (unpaired) electrons. The summed E-state index contributed by atoms with van der Waals surface area (Å²) in [6, 6.07) is 14.1. The van der Waals surface area contributed by atoms with Gasteiger partial charge in [0.05, 0.1) is 22.8 Å². The Morgan fingerprint density at radius 1 is 0.927 bits per heavy atom. The smallest absolute Gasteiger partial charge is 0.161 e. The summed E-state index contributed by atoms with van der Waals surface area (Å²) in [7, 11) is 2.13. The molecule has 0 aliphatic carbocycles. The van der Waals surface area contributed by atoms with E-state index in [-0.39, 0.29) is 5.69 Å². The van der Waals surface area contributed by atoms with E-state index in [1.54, 1.807) is 24.8 Å². The van der Waals surface area contributed by atoms with Crippen LogP contribution in [0.1, 0.15) is 11.1 Å². The van der Waals surface area contributed by atoms with Crippen LogP contribution in [0.3, 0.4) is 0 Å². The third kappa shape index (κ3) is 4.90. The molecule has 206 valence electrons. The molecule has 1 aliphatic rings. The SMILES string of the molecule is CN1CCN(c2ccnc3[nH]c(-c4n[nH]c5cnc(-c6cncc(CNCc7ccccc7)c6)c(F)c45)nc23)CC1. The molecule has 0 unspecified atom stereocenters. The zero-order valence-electron chi connectivity index (χ0n) is 22.6. The van der Waals surface area contributed by atoms with Gasteiger partial charge in [-0.2, -0.15) is 5.10 Å². The number of aromatic nitrogens is 7. The van der Waals surface area contributed by atoms with Crippen molar-refractivity contribution in [1.82, 2.24) is 45.3 Å². The molecular weight excluding hydrogens is 519 g/mol. The van der Waals surface area contributed by atoms with E-state index >= 15 is 4.39 Å². The number of benzene rings is 1. The number of rotatable bonds is 7. The second-order valence-electron chi connectivity index (χ2n) is 10.4. The van der Waals surface area contributed by atoms with Crippen LogP contribution < -0.4 is 10.2 Å². The van der Waals surface area contributed by atoms with Crippen LogP contribution in [0.2, 0.25) is 0 Å². The summed E-state index contributed by atoms with van der Waals surface area (Å²) < 4.78 is 16.2. The van der Waals surface area contributed by atoms with E-state index in [1.807, 2.05) is 30.3 Å². The number of nitrogens with one attached hydrogen (secondary N) is 3. The minimum Gasteiger partial charge on any atom is -0.367 e. The first kappa shape index (κ1) is 25.2. The van der Waals surface area contributed by atoms with Gasteiger partial charge in [0.2, 0.25) is 0 Å². The van der Waals surface area contributed by atoms with E-state index in [0.29, 0.717) is 40.2 Å². The number of piperazine rings is 1. The van der Waals surface area contributed by atoms with Crippen molar-refractivity contribution in [3.63, 3.8) is 0 Å². The molecule has 1 fully saturated rings. The fraction of sp³-hybridized carbons (Fsp3) is 0.233. The van der Waals surface area contributed by atoms with Crippen LogP contribution in [0.15, 0.2) is 67.3 Å². The highest BCUT2D eigenvalue weighted by molar-refractivity contribution is 5.96. The van der Waals surface area contributed by atoms with Gasteiger partial charge in [0, 0.05) is 63.4 Å². The first-order valence-corrected chi connectivity index (χ1v) is 13.6. The number of aromatic amines is 2. The summed E-state index contributed by atoms with van der Waals surface area (Å²) >= 11 is 0. The fourth-order valence-electron chi connectivity index (χ4n) is 5.32. The number of pyridine rings is 3. The Balaban J connectivity index is 1.20. The van der Waals surface area contributed by atoms with Crippen molar-refractivity contribution in [2.24, 2.45) is 0 Å². The number of hydrogen-bond donors (Lipinski definition) is 3. The van der Waals surface area contributed by atoms with Gasteiger partial charge < -0.3 is 20.1 Å². The predicted octanol–water partition coefficient (Wildman–Crippen LogP) is 4.14. The van der Waals surface area contributed by atoms with Gasteiger partial charge >= 0.3 is 0 Å². The van der Waals surface area contributed by atoms with E-state index in [9.17, 15) is 0 Å². The molecule has 10 nitrogen and oxygen atoms in total. The number of imidazole rings is 1. The zero-order valence-corrected chi connectivity index (χ0v) is 22.6. The Morgan fingerprint density at radius 3 is 2.61 bits per heavy atom. The van der Waals surface area contributed by atoms with Gasteiger partial charge in [0.1, 0.15) is 16.9 Å². The van der Waals surface area contributed by atoms with Gasteiger partial charge in [0.15, 0.2) is 17.3 Å². The lowest BCUT2D eigenvalue weighted by Crippen LogP contribution is -2.44. The number of hydrogen-bond acceptors (Lipinski definition) is 8. The van der Waals surface area contributed by atoms with Crippen molar-refractivity contribution in [3.8, 4) is 22.8 Å². The quantitative estimate of drug-likeness (QED) is 0.273. The van der Waals surface area contributed by atoms with E-state index in [1.165, 1.54) is 5.56 Å². The second kappa shape index (κ2) is 10.7. The first-order chi connectivity index (χ1) is 20.1. The average molecular weight is 549 g/mol. The highest BCUT2D eigenvalue weighted by Crippen LogP contribution is 2.34. The number of likely N-dealkylation sites (N-methyl/N-ethyl adjacent to an activating group) is 1. The molecule has 0 atom stereocenters. The van der Waals surface area contributed by atoms with Crippen LogP contribution in [-0.2, 0) is 13.1 Å². The van der Waals surface area contributed by atoms with Crippen LogP contribution in [0.25, 0.3) is 44.8 Å². The van der Waals surface area contributed by atoms with Gasteiger partial charge in [-0.15, -0.1) is 0 Å². The Morgan fingerprint density at radius 2 is 1.76 bits per heavy atom. The number of fused-ring (bicyclic) bond motifs is 2. The Bertz CT molecular complexity index is 1820. The Kier molecular flexibility index (Phi) is 6.57. The molecule has 0 spiro atoms. The molecule has 1 aromatic carbocycles. The highest BCUT2D eigenvalue weighted by atomic mass is 19.1. The minimum absolute atomic E-state index is 0.213. The van der Waals surface area contributed by atoms with Gasteiger partial charge in [-0.25, -0.2) is 14.4 Å². The standard InChI is InChI=1S/C30H29FN10/c1-40-9-11-41(12-10-40)23-7-8-34-29-27(23)36-30(37-29)28-24-22(38-39-28)18-35-26(25(24)31)21-13-20(16-33-17-21)15-32-14-19-5-3-2-4-6-19/h2-8,13,16-18,32H,9-12,14-15H2,1H3,(H,38,39)(H,34,36,37). The first-order valence-electron chi connectivity index (χ1n) is 13.6. The number of nitrogens with zero attached hydrogens (tertiary/aromatic N) is 7. The number of anilines is 1. The molecule has 1 saturated heterocycles. The summed E-state index contributed by atoms with van der Waals surface area (Å²) in [5.41, 5.74) is 6.21. The fourth-order valence-corrected chi connectivity index (χ4v) is 5.32. The van der Waals surface area contributed by atoms with Gasteiger partial charge in [-0.1, -0.05) is 30.3 Å². The van der Waals surface area contributed by atoms with E-state index in [2.05, 4.69) is 64.4 Å². The van der Waals surface area contributed by atoms with Crippen LogP contribution in [0.4, 0.5) is 10.1 Å². The summed E-state index contributed by atoms with van der Waals surface area (Å²) in [6.07, 6.45) is 6.78. The topological polar surface area (TPSA) is 115 Å². The summed E-state index contributed by atoms with van der Waals surface area (Å²) in [5, 5.41) is 11.1.